The molecule has 154 valence electrons. The Kier molecular flexibility index (Phi) is 7.07. The van der Waals surface area contributed by atoms with Crippen LogP contribution in [-0.2, 0) is 4.79 Å². The zero-order valence-electron chi connectivity index (χ0n) is 16.1. The Hall–Kier alpha value is -2.63. The fourth-order valence-electron chi connectivity index (χ4n) is 3.77. The van der Waals surface area contributed by atoms with E-state index in [1.54, 1.807) is 12.1 Å². The minimum atomic E-state index is 0. The first kappa shape index (κ1) is 21.1. The summed E-state index contributed by atoms with van der Waals surface area (Å²) < 4.78 is 5.42. The summed E-state index contributed by atoms with van der Waals surface area (Å²) in [6, 6.07) is 9.66. The van der Waals surface area contributed by atoms with E-state index < -0.39 is 0 Å². The number of rotatable bonds is 5. The van der Waals surface area contributed by atoms with E-state index in [1.807, 2.05) is 17.0 Å². The summed E-state index contributed by atoms with van der Waals surface area (Å²) in [5.41, 5.74) is 1.40. The van der Waals surface area contributed by atoms with Crippen molar-refractivity contribution in [1.29, 1.82) is 5.26 Å². The number of carbonyl (C=O) groups is 1. The summed E-state index contributed by atoms with van der Waals surface area (Å²) >= 11 is 0. The van der Waals surface area contributed by atoms with Gasteiger partial charge in [0.25, 0.3) is 0 Å². The SMILES string of the molecule is Cl.N#Cc1ccc(-c2noc(N3CCC(C(=O)NCC4CCNC4)CC3)n2)cc1. The molecular formula is C20H25ClN6O2. The van der Waals surface area contributed by atoms with Gasteiger partial charge in [0.2, 0.25) is 11.7 Å². The molecule has 29 heavy (non-hydrogen) atoms. The van der Waals surface area contributed by atoms with Crippen LogP contribution < -0.4 is 15.5 Å². The number of aromatic nitrogens is 2. The van der Waals surface area contributed by atoms with Crippen LogP contribution in [0.1, 0.15) is 24.8 Å². The zero-order chi connectivity index (χ0) is 19.3. The van der Waals surface area contributed by atoms with Crippen molar-refractivity contribution >= 4 is 24.3 Å². The highest BCUT2D eigenvalue weighted by Crippen LogP contribution is 2.25. The predicted octanol–water partition coefficient (Wildman–Crippen LogP) is 1.97. The van der Waals surface area contributed by atoms with Crippen LogP contribution in [0.15, 0.2) is 28.8 Å². The molecule has 0 aliphatic carbocycles. The first-order valence-electron chi connectivity index (χ1n) is 9.80. The number of nitrogens with one attached hydrogen (secondary N) is 2. The normalized spacial score (nSPS) is 19.4. The molecule has 0 radical (unpaired) electrons. The van der Waals surface area contributed by atoms with Crippen molar-refractivity contribution in [2.24, 2.45) is 11.8 Å². The molecule has 1 amide bonds. The number of anilines is 1. The van der Waals surface area contributed by atoms with Crippen LogP contribution in [0.3, 0.4) is 0 Å². The van der Waals surface area contributed by atoms with Gasteiger partial charge in [-0.1, -0.05) is 5.16 Å². The molecule has 3 heterocycles. The molecule has 2 aliphatic rings. The highest BCUT2D eigenvalue weighted by molar-refractivity contribution is 5.85. The maximum atomic E-state index is 12.4. The van der Waals surface area contributed by atoms with Crippen LogP contribution in [0.5, 0.6) is 0 Å². The van der Waals surface area contributed by atoms with Gasteiger partial charge in [0.15, 0.2) is 0 Å². The number of hydrogen-bond acceptors (Lipinski definition) is 7. The standard InChI is InChI=1S/C20H24N6O2.ClH/c21-11-14-1-3-16(4-2-14)18-24-20(28-25-18)26-9-6-17(7-10-26)19(27)23-13-15-5-8-22-12-15;/h1-4,15,17,22H,5-10,12-13H2,(H,23,27);1H. The highest BCUT2D eigenvalue weighted by atomic mass is 35.5. The van der Waals surface area contributed by atoms with Crippen LogP contribution in [0, 0.1) is 23.2 Å². The van der Waals surface area contributed by atoms with Crippen molar-refractivity contribution in [2.75, 3.05) is 37.6 Å². The largest absolute Gasteiger partial charge is 0.356 e. The van der Waals surface area contributed by atoms with Gasteiger partial charge in [-0.2, -0.15) is 10.2 Å². The molecule has 2 saturated heterocycles. The number of hydrogen-bond donors (Lipinski definition) is 2. The Morgan fingerprint density at radius 2 is 2.03 bits per heavy atom. The van der Waals surface area contributed by atoms with Crippen molar-refractivity contribution in [1.82, 2.24) is 20.8 Å². The first-order valence-corrected chi connectivity index (χ1v) is 9.80. The number of piperidine rings is 1. The second-order valence-corrected chi connectivity index (χ2v) is 7.46. The predicted molar refractivity (Wildman–Crippen MR) is 111 cm³/mol. The molecule has 8 nitrogen and oxygen atoms in total. The number of amides is 1. The number of benzene rings is 1. The molecule has 2 aliphatic heterocycles. The molecule has 9 heteroatoms. The van der Waals surface area contributed by atoms with Gasteiger partial charge in [0.1, 0.15) is 0 Å². The molecule has 1 aromatic heterocycles. The molecule has 0 spiro atoms. The van der Waals surface area contributed by atoms with Gasteiger partial charge < -0.3 is 20.1 Å². The average molecular weight is 417 g/mol. The van der Waals surface area contributed by atoms with E-state index in [-0.39, 0.29) is 24.2 Å². The van der Waals surface area contributed by atoms with Crippen LogP contribution in [0.2, 0.25) is 0 Å². The summed E-state index contributed by atoms with van der Waals surface area (Å²) in [6.07, 6.45) is 2.70. The average Bonchev–Trinajstić information content (AvgIpc) is 3.44. The van der Waals surface area contributed by atoms with Crippen LogP contribution in [0.4, 0.5) is 6.01 Å². The van der Waals surface area contributed by atoms with Gasteiger partial charge in [-0.05, 0) is 62.5 Å². The van der Waals surface area contributed by atoms with Crippen molar-refractivity contribution in [2.45, 2.75) is 19.3 Å². The molecule has 4 rings (SSSR count). The Morgan fingerprint density at radius 3 is 2.69 bits per heavy atom. The zero-order valence-corrected chi connectivity index (χ0v) is 17.0. The monoisotopic (exact) mass is 416 g/mol. The highest BCUT2D eigenvalue weighted by Gasteiger charge is 2.28. The second kappa shape index (κ2) is 9.72. The summed E-state index contributed by atoms with van der Waals surface area (Å²) in [6.45, 7) is 4.25. The van der Waals surface area contributed by atoms with Crippen molar-refractivity contribution in [3.8, 4) is 17.5 Å². The van der Waals surface area contributed by atoms with Crippen molar-refractivity contribution in [3.05, 3.63) is 29.8 Å². The van der Waals surface area contributed by atoms with Crippen molar-refractivity contribution < 1.29 is 9.32 Å². The fourth-order valence-corrected chi connectivity index (χ4v) is 3.77. The quantitative estimate of drug-likeness (QED) is 0.767. The fraction of sp³-hybridized carbons (Fsp3) is 0.500. The van der Waals surface area contributed by atoms with E-state index >= 15 is 0 Å². The van der Waals surface area contributed by atoms with Crippen LogP contribution in [-0.4, -0.2) is 48.8 Å². The van der Waals surface area contributed by atoms with Crippen LogP contribution >= 0.6 is 12.4 Å². The molecular weight excluding hydrogens is 392 g/mol. The lowest BCUT2D eigenvalue weighted by Crippen LogP contribution is -2.42. The molecule has 2 aromatic rings. The van der Waals surface area contributed by atoms with E-state index in [9.17, 15) is 4.79 Å². The van der Waals surface area contributed by atoms with Gasteiger partial charge >= 0.3 is 6.01 Å². The minimum absolute atomic E-state index is 0. The topological polar surface area (TPSA) is 107 Å². The summed E-state index contributed by atoms with van der Waals surface area (Å²) in [5.74, 6) is 1.27. The Morgan fingerprint density at radius 1 is 1.28 bits per heavy atom. The smallest absolute Gasteiger partial charge is 0.324 e. The Balaban J connectivity index is 0.00000240. The Labute approximate surface area is 176 Å². The Bertz CT molecular complexity index is 849. The number of halogens is 1. The van der Waals surface area contributed by atoms with Gasteiger partial charge in [0.05, 0.1) is 11.6 Å². The third kappa shape index (κ3) is 5.05. The summed E-state index contributed by atoms with van der Waals surface area (Å²) in [4.78, 5) is 18.9. The molecule has 2 fully saturated rings. The van der Waals surface area contributed by atoms with Gasteiger partial charge in [0, 0.05) is 31.1 Å². The lowest BCUT2D eigenvalue weighted by molar-refractivity contribution is -0.125. The van der Waals surface area contributed by atoms with E-state index in [2.05, 4.69) is 26.8 Å². The van der Waals surface area contributed by atoms with Gasteiger partial charge in [-0.25, -0.2) is 0 Å². The maximum Gasteiger partial charge on any atom is 0.324 e. The molecule has 2 N–H and O–H groups in total. The van der Waals surface area contributed by atoms with E-state index in [4.69, 9.17) is 9.78 Å². The van der Waals surface area contributed by atoms with Gasteiger partial charge in [-0.15, -0.1) is 12.4 Å². The third-order valence-corrected chi connectivity index (χ3v) is 5.55. The number of carbonyl (C=O) groups excluding carboxylic acids is 1. The van der Waals surface area contributed by atoms with E-state index in [1.165, 1.54) is 0 Å². The molecule has 1 unspecified atom stereocenters. The minimum Gasteiger partial charge on any atom is -0.356 e. The first-order chi connectivity index (χ1) is 13.7. The second-order valence-electron chi connectivity index (χ2n) is 7.46. The lowest BCUT2D eigenvalue weighted by Gasteiger charge is -2.29. The van der Waals surface area contributed by atoms with Crippen LogP contribution in [0.25, 0.3) is 11.4 Å². The van der Waals surface area contributed by atoms with Gasteiger partial charge in [-0.3, -0.25) is 4.79 Å². The van der Waals surface area contributed by atoms with Crippen molar-refractivity contribution in [3.63, 3.8) is 0 Å². The molecule has 1 aromatic carbocycles. The summed E-state index contributed by atoms with van der Waals surface area (Å²) in [7, 11) is 0. The van der Waals surface area contributed by atoms with E-state index in [0.29, 0.717) is 23.3 Å². The maximum absolute atomic E-state index is 12.4. The molecule has 0 bridgehead atoms. The number of nitrogens with zero attached hydrogens (tertiary/aromatic N) is 4. The molecule has 0 saturated carbocycles. The summed E-state index contributed by atoms with van der Waals surface area (Å²) in [5, 5.41) is 19.4. The number of nitriles is 1. The molecule has 1 atom stereocenters. The van der Waals surface area contributed by atoms with E-state index in [0.717, 1.165) is 57.5 Å². The third-order valence-electron chi connectivity index (χ3n) is 5.55. The lowest BCUT2D eigenvalue weighted by atomic mass is 9.96.